The second-order valence-corrected chi connectivity index (χ2v) is 6.13. The van der Waals surface area contributed by atoms with Crippen molar-refractivity contribution in [3.8, 4) is 0 Å². The van der Waals surface area contributed by atoms with Gasteiger partial charge in [-0.15, -0.1) is 35.3 Å². The van der Waals surface area contributed by atoms with Crippen LogP contribution >= 0.6 is 35.3 Å². The highest BCUT2D eigenvalue weighted by molar-refractivity contribution is 14.0. The summed E-state index contributed by atoms with van der Waals surface area (Å²) in [6.07, 6.45) is 7.69. The Hall–Kier alpha value is -1.16. The van der Waals surface area contributed by atoms with E-state index in [0.29, 0.717) is 0 Å². The number of aromatic nitrogens is 3. The zero-order chi connectivity index (χ0) is 15.1. The molecule has 0 aliphatic heterocycles. The van der Waals surface area contributed by atoms with Crippen LogP contribution in [0.3, 0.4) is 0 Å². The fourth-order valence-corrected chi connectivity index (χ4v) is 2.74. The van der Waals surface area contributed by atoms with E-state index in [1.807, 2.05) is 30.3 Å². The van der Waals surface area contributed by atoms with Crippen molar-refractivity contribution in [1.82, 2.24) is 25.4 Å². The third kappa shape index (κ3) is 6.30. The fraction of sp³-hybridized carbons (Fsp3) is 0.500. The summed E-state index contributed by atoms with van der Waals surface area (Å²) in [6, 6.07) is 0. The van der Waals surface area contributed by atoms with Gasteiger partial charge in [-0.1, -0.05) is 0 Å². The maximum atomic E-state index is 4.35. The predicted octanol–water partition coefficient (Wildman–Crippen LogP) is 1.75. The maximum Gasteiger partial charge on any atom is 0.191 e. The van der Waals surface area contributed by atoms with E-state index >= 15 is 0 Å². The largest absolute Gasteiger partial charge is 0.356 e. The molecule has 0 amide bonds. The molecule has 2 N–H and O–H groups in total. The molecule has 2 aromatic rings. The third-order valence-electron chi connectivity index (χ3n) is 2.99. The van der Waals surface area contributed by atoms with E-state index in [4.69, 9.17) is 0 Å². The van der Waals surface area contributed by atoms with Crippen LogP contribution in [-0.2, 0) is 19.9 Å². The van der Waals surface area contributed by atoms with Crippen molar-refractivity contribution < 1.29 is 0 Å². The number of halogens is 1. The molecule has 6 nitrogen and oxygen atoms in total. The summed E-state index contributed by atoms with van der Waals surface area (Å²) in [4.78, 5) is 9.82. The Labute approximate surface area is 152 Å². The Morgan fingerprint density at radius 1 is 1.27 bits per heavy atom. The van der Waals surface area contributed by atoms with Crippen molar-refractivity contribution in [2.24, 2.45) is 12.0 Å². The molecule has 0 saturated heterocycles. The lowest BCUT2D eigenvalue weighted by molar-refractivity contribution is 0.764. The van der Waals surface area contributed by atoms with Crippen molar-refractivity contribution in [2.45, 2.75) is 19.8 Å². The first-order valence-electron chi connectivity index (χ1n) is 7.00. The number of nitrogens with one attached hydrogen (secondary N) is 2. The summed E-state index contributed by atoms with van der Waals surface area (Å²) in [5.41, 5.74) is 1.22. The third-order valence-corrected chi connectivity index (χ3v) is 3.96. The van der Waals surface area contributed by atoms with Crippen LogP contribution in [0.15, 0.2) is 23.6 Å². The van der Waals surface area contributed by atoms with Crippen LogP contribution < -0.4 is 10.6 Å². The fourth-order valence-electron chi connectivity index (χ4n) is 1.95. The molecule has 2 rings (SSSR count). The number of aliphatic imine (C=N–C) groups is 1. The van der Waals surface area contributed by atoms with Crippen LogP contribution in [0.2, 0.25) is 0 Å². The normalized spacial score (nSPS) is 11.1. The summed E-state index contributed by atoms with van der Waals surface area (Å²) in [6.45, 7) is 3.74. The SMILES string of the molecule is CN=C(NCCc1cnn(C)c1)NCCc1ncc(C)s1.I. The van der Waals surface area contributed by atoms with Crippen LogP contribution in [0, 0.1) is 6.92 Å². The molecule has 8 heteroatoms. The highest BCUT2D eigenvalue weighted by Crippen LogP contribution is 2.10. The summed E-state index contributed by atoms with van der Waals surface area (Å²) in [5.74, 6) is 0.826. The molecule has 0 aliphatic carbocycles. The molecule has 0 aliphatic rings. The molecule has 22 heavy (non-hydrogen) atoms. The topological polar surface area (TPSA) is 67.1 Å². The van der Waals surface area contributed by atoms with Gasteiger partial charge in [0.05, 0.1) is 11.2 Å². The second kappa shape index (κ2) is 9.78. The molecule has 2 heterocycles. The van der Waals surface area contributed by atoms with Gasteiger partial charge in [0, 0.05) is 50.9 Å². The molecule has 0 fully saturated rings. The smallest absolute Gasteiger partial charge is 0.191 e. The second-order valence-electron chi connectivity index (χ2n) is 4.81. The number of rotatable bonds is 6. The van der Waals surface area contributed by atoms with E-state index in [9.17, 15) is 0 Å². The minimum atomic E-state index is 0. The lowest BCUT2D eigenvalue weighted by Gasteiger charge is -2.10. The van der Waals surface area contributed by atoms with E-state index in [0.717, 1.165) is 36.9 Å². The monoisotopic (exact) mass is 434 g/mol. The summed E-state index contributed by atoms with van der Waals surface area (Å²) >= 11 is 1.74. The standard InChI is InChI=1S/C14H22N6S.HI/c1-11-8-18-13(21-11)5-7-17-14(15-2)16-6-4-12-9-19-20(3)10-12;/h8-10H,4-7H2,1-3H3,(H2,15,16,17);1H. The highest BCUT2D eigenvalue weighted by Gasteiger charge is 2.01. The molecule has 122 valence electrons. The van der Waals surface area contributed by atoms with Gasteiger partial charge < -0.3 is 10.6 Å². The van der Waals surface area contributed by atoms with Gasteiger partial charge in [0.1, 0.15) is 0 Å². The average molecular weight is 434 g/mol. The first kappa shape index (κ1) is 18.9. The first-order chi connectivity index (χ1) is 10.2. The van der Waals surface area contributed by atoms with E-state index in [1.165, 1.54) is 10.4 Å². The van der Waals surface area contributed by atoms with Crippen LogP contribution in [0.5, 0.6) is 0 Å². The van der Waals surface area contributed by atoms with Gasteiger partial charge in [-0.25, -0.2) is 4.98 Å². The van der Waals surface area contributed by atoms with Gasteiger partial charge in [-0.3, -0.25) is 9.67 Å². The molecule has 0 atom stereocenters. The van der Waals surface area contributed by atoms with Crippen molar-refractivity contribution >= 4 is 41.3 Å². The van der Waals surface area contributed by atoms with E-state index in [2.05, 4.69) is 32.6 Å². The molecule has 0 aromatic carbocycles. The van der Waals surface area contributed by atoms with Crippen molar-refractivity contribution in [3.63, 3.8) is 0 Å². The van der Waals surface area contributed by atoms with E-state index in [-0.39, 0.29) is 24.0 Å². The molecule has 0 radical (unpaired) electrons. The van der Waals surface area contributed by atoms with Gasteiger partial charge in [0.2, 0.25) is 0 Å². The van der Waals surface area contributed by atoms with Crippen LogP contribution in [-0.4, -0.2) is 40.9 Å². The number of thiazole rings is 1. The van der Waals surface area contributed by atoms with Crippen molar-refractivity contribution in [2.75, 3.05) is 20.1 Å². The van der Waals surface area contributed by atoms with E-state index in [1.54, 1.807) is 18.4 Å². The Kier molecular flexibility index (Phi) is 8.39. The molecule has 0 unspecified atom stereocenters. The first-order valence-corrected chi connectivity index (χ1v) is 7.82. The van der Waals surface area contributed by atoms with Gasteiger partial charge >= 0.3 is 0 Å². The molecular formula is C14H23IN6S. The van der Waals surface area contributed by atoms with Gasteiger partial charge in [-0.05, 0) is 18.9 Å². The zero-order valence-electron chi connectivity index (χ0n) is 13.2. The molecule has 0 saturated carbocycles. The Balaban J connectivity index is 0.00000242. The van der Waals surface area contributed by atoms with Crippen molar-refractivity contribution in [1.29, 1.82) is 0 Å². The quantitative estimate of drug-likeness (QED) is 0.413. The number of aryl methyl sites for hydroxylation is 2. The minimum Gasteiger partial charge on any atom is -0.356 e. The van der Waals surface area contributed by atoms with Crippen molar-refractivity contribution in [3.05, 3.63) is 34.0 Å². The molecule has 2 aromatic heterocycles. The average Bonchev–Trinajstić information content (AvgIpc) is 3.06. The predicted molar refractivity (Wildman–Crippen MR) is 102 cm³/mol. The van der Waals surface area contributed by atoms with Crippen LogP contribution in [0.25, 0.3) is 0 Å². The van der Waals surface area contributed by atoms with Gasteiger partial charge in [0.15, 0.2) is 5.96 Å². The lowest BCUT2D eigenvalue weighted by Crippen LogP contribution is -2.39. The molecular weight excluding hydrogens is 411 g/mol. The number of hydrogen-bond acceptors (Lipinski definition) is 4. The Bertz CT molecular complexity index is 543. The van der Waals surface area contributed by atoms with E-state index < -0.39 is 0 Å². The lowest BCUT2D eigenvalue weighted by atomic mass is 10.2. The zero-order valence-corrected chi connectivity index (χ0v) is 16.3. The molecule has 0 bridgehead atoms. The van der Waals surface area contributed by atoms with Gasteiger partial charge in [-0.2, -0.15) is 5.10 Å². The number of hydrogen-bond donors (Lipinski definition) is 2. The minimum absolute atomic E-state index is 0. The summed E-state index contributed by atoms with van der Waals surface area (Å²) in [7, 11) is 3.71. The Morgan fingerprint density at radius 3 is 2.55 bits per heavy atom. The summed E-state index contributed by atoms with van der Waals surface area (Å²) < 4.78 is 1.82. The van der Waals surface area contributed by atoms with Crippen LogP contribution in [0.1, 0.15) is 15.4 Å². The maximum absolute atomic E-state index is 4.35. The van der Waals surface area contributed by atoms with Crippen LogP contribution in [0.4, 0.5) is 0 Å². The van der Waals surface area contributed by atoms with Gasteiger partial charge in [0.25, 0.3) is 0 Å². The number of guanidine groups is 1. The summed E-state index contributed by atoms with van der Waals surface area (Å²) in [5, 5.41) is 11.9. The number of nitrogens with zero attached hydrogens (tertiary/aromatic N) is 4. The Morgan fingerprint density at radius 2 is 2.00 bits per heavy atom. The highest BCUT2D eigenvalue weighted by atomic mass is 127. The molecule has 0 spiro atoms.